The molecule has 0 radical (unpaired) electrons. The first kappa shape index (κ1) is 21.1. The highest BCUT2D eigenvalue weighted by Crippen LogP contribution is 2.36. The predicted octanol–water partition coefficient (Wildman–Crippen LogP) is 2.95. The topological polar surface area (TPSA) is 93.1 Å². The Morgan fingerprint density at radius 1 is 1.24 bits per heavy atom. The van der Waals surface area contributed by atoms with Crippen LogP contribution < -0.4 is 4.74 Å². The van der Waals surface area contributed by atoms with Gasteiger partial charge >= 0.3 is 5.97 Å². The Hall–Kier alpha value is -2.58. The third-order valence-corrected chi connectivity index (χ3v) is 6.98. The van der Waals surface area contributed by atoms with Gasteiger partial charge in [0.05, 0.1) is 11.5 Å². The summed E-state index contributed by atoms with van der Waals surface area (Å²) in [6.07, 6.45) is 0.582. The first-order valence-corrected chi connectivity index (χ1v) is 10.9. The van der Waals surface area contributed by atoms with Gasteiger partial charge in [0.25, 0.3) is 0 Å². The Labute approximate surface area is 170 Å². The third-order valence-electron chi connectivity index (χ3n) is 5.02. The molecule has 29 heavy (non-hydrogen) atoms. The van der Waals surface area contributed by atoms with Crippen LogP contribution in [0.2, 0.25) is 0 Å². The normalized spacial score (nSPS) is 16.9. The predicted molar refractivity (Wildman–Crippen MR) is 107 cm³/mol. The number of hydrogen-bond donors (Lipinski definition) is 1. The monoisotopic (exact) mass is 419 g/mol. The van der Waals surface area contributed by atoms with Crippen molar-refractivity contribution in [1.82, 2.24) is 4.31 Å². The number of phenols is 1. The van der Waals surface area contributed by atoms with Gasteiger partial charge in [-0.3, -0.25) is 0 Å². The number of carbonyl (C=O) groups excluding carboxylic acids is 1. The highest BCUT2D eigenvalue weighted by molar-refractivity contribution is 7.89. The van der Waals surface area contributed by atoms with Gasteiger partial charge in [0, 0.05) is 12.6 Å². The number of fused-ring (bicyclic) bond motifs is 1. The van der Waals surface area contributed by atoms with Crippen molar-refractivity contribution in [2.45, 2.75) is 38.1 Å². The standard InChI is InChI=1S/C21H25NO6S/c1-4-27-21(24)13-28-20-8-7-18(11-14(20)2)29(25,26)22-10-9-16-5-6-17(23)12-19(16)15(22)3/h5-8,11-12,15,23H,4,9-10,13H2,1-3H3. The van der Waals surface area contributed by atoms with Crippen LogP contribution in [0.25, 0.3) is 0 Å². The largest absolute Gasteiger partial charge is 0.508 e. The van der Waals surface area contributed by atoms with Crippen LogP contribution in [0.1, 0.15) is 36.6 Å². The van der Waals surface area contributed by atoms with E-state index >= 15 is 0 Å². The molecule has 0 bridgehead atoms. The first-order valence-electron chi connectivity index (χ1n) is 9.46. The highest BCUT2D eigenvalue weighted by Gasteiger charge is 2.34. The molecule has 1 aliphatic rings. The van der Waals surface area contributed by atoms with E-state index in [0.717, 1.165) is 11.1 Å². The van der Waals surface area contributed by atoms with Gasteiger partial charge in [0.1, 0.15) is 11.5 Å². The van der Waals surface area contributed by atoms with Gasteiger partial charge in [0.2, 0.25) is 10.0 Å². The Balaban J connectivity index is 1.82. The van der Waals surface area contributed by atoms with Gasteiger partial charge in [-0.05, 0) is 74.2 Å². The quantitative estimate of drug-likeness (QED) is 0.724. The first-order chi connectivity index (χ1) is 13.7. The Morgan fingerprint density at radius 2 is 2.00 bits per heavy atom. The summed E-state index contributed by atoms with van der Waals surface area (Å²) in [4.78, 5) is 11.6. The van der Waals surface area contributed by atoms with E-state index in [1.807, 2.05) is 13.0 Å². The number of nitrogens with zero attached hydrogens (tertiary/aromatic N) is 1. The number of aromatic hydroxyl groups is 1. The SMILES string of the molecule is CCOC(=O)COc1ccc(S(=O)(=O)N2CCc3ccc(O)cc3C2C)cc1C. The zero-order valence-corrected chi connectivity index (χ0v) is 17.5. The van der Waals surface area contributed by atoms with E-state index in [4.69, 9.17) is 9.47 Å². The van der Waals surface area contributed by atoms with Crippen LogP contribution in [0.15, 0.2) is 41.3 Å². The van der Waals surface area contributed by atoms with Crippen LogP contribution in [0, 0.1) is 6.92 Å². The molecule has 0 aliphatic carbocycles. The van der Waals surface area contributed by atoms with Gasteiger partial charge in [-0.1, -0.05) is 6.07 Å². The molecule has 8 heteroatoms. The molecule has 156 valence electrons. The maximum absolute atomic E-state index is 13.3. The van der Waals surface area contributed by atoms with Crippen molar-refractivity contribution in [3.63, 3.8) is 0 Å². The second-order valence-corrected chi connectivity index (χ2v) is 8.84. The molecule has 1 heterocycles. The number of esters is 1. The smallest absolute Gasteiger partial charge is 0.344 e. The summed E-state index contributed by atoms with van der Waals surface area (Å²) >= 11 is 0. The summed E-state index contributed by atoms with van der Waals surface area (Å²) in [5, 5.41) is 9.79. The summed E-state index contributed by atoms with van der Waals surface area (Å²) in [6, 6.07) is 9.26. The van der Waals surface area contributed by atoms with E-state index < -0.39 is 22.0 Å². The van der Waals surface area contributed by atoms with Crippen molar-refractivity contribution < 1.29 is 27.8 Å². The van der Waals surface area contributed by atoms with Crippen molar-refractivity contribution in [1.29, 1.82) is 0 Å². The Morgan fingerprint density at radius 3 is 2.69 bits per heavy atom. The molecule has 0 fully saturated rings. The minimum Gasteiger partial charge on any atom is -0.508 e. The number of phenolic OH excluding ortho intramolecular Hbond substituents is 1. The van der Waals surface area contributed by atoms with E-state index in [1.54, 1.807) is 38.1 Å². The summed E-state index contributed by atoms with van der Waals surface area (Å²) in [5.74, 6) is 0.0698. The molecular formula is C21H25NO6S. The summed E-state index contributed by atoms with van der Waals surface area (Å²) in [7, 11) is -3.74. The molecule has 1 aliphatic heterocycles. The molecule has 0 saturated carbocycles. The second-order valence-electron chi connectivity index (χ2n) is 6.95. The van der Waals surface area contributed by atoms with E-state index in [-0.39, 0.29) is 23.9 Å². The second kappa shape index (κ2) is 8.42. The molecule has 1 atom stereocenters. The van der Waals surface area contributed by atoms with Crippen LogP contribution >= 0.6 is 0 Å². The fourth-order valence-corrected chi connectivity index (χ4v) is 5.22. The lowest BCUT2D eigenvalue weighted by Crippen LogP contribution is -2.38. The molecule has 2 aromatic rings. The molecule has 2 aromatic carbocycles. The number of aryl methyl sites for hydroxylation is 1. The van der Waals surface area contributed by atoms with Gasteiger partial charge in [0.15, 0.2) is 6.61 Å². The van der Waals surface area contributed by atoms with Crippen molar-refractivity contribution in [2.24, 2.45) is 0 Å². The van der Waals surface area contributed by atoms with Crippen molar-refractivity contribution >= 4 is 16.0 Å². The van der Waals surface area contributed by atoms with Crippen LogP contribution in [-0.4, -0.2) is 43.6 Å². The van der Waals surface area contributed by atoms with Crippen LogP contribution in [0.3, 0.4) is 0 Å². The van der Waals surface area contributed by atoms with E-state index in [2.05, 4.69) is 0 Å². The molecule has 0 spiro atoms. The van der Waals surface area contributed by atoms with E-state index in [1.165, 1.54) is 10.4 Å². The molecule has 1 N–H and O–H groups in total. The summed E-state index contributed by atoms with van der Waals surface area (Å²) < 4.78 is 38.2. The molecule has 7 nitrogen and oxygen atoms in total. The average Bonchev–Trinajstić information content (AvgIpc) is 2.67. The number of hydrogen-bond acceptors (Lipinski definition) is 6. The maximum atomic E-state index is 13.3. The van der Waals surface area contributed by atoms with Crippen LogP contribution in [0.4, 0.5) is 0 Å². The zero-order chi connectivity index (χ0) is 21.2. The molecule has 0 aromatic heterocycles. The third kappa shape index (κ3) is 4.38. The Kier molecular flexibility index (Phi) is 6.14. The molecule has 0 amide bonds. The number of benzene rings is 2. The van der Waals surface area contributed by atoms with Crippen molar-refractivity contribution in [2.75, 3.05) is 19.8 Å². The number of sulfonamides is 1. The lowest BCUT2D eigenvalue weighted by molar-refractivity contribution is -0.145. The van der Waals surface area contributed by atoms with Crippen molar-refractivity contribution in [3.05, 3.63) is 53.1 Å². The molecular weight excluding hydrogens is 394 g/mol. The zero-order valence-electron chi connectivity index (χ0n) is 16.7. The Bertz CT molecular complexity index is 1020. The van der Waals surface area contributed by atoms with Gasteiger partial charge in [-0.15, -0.1) is 0 Å². The lowest BCUT2D eigenvalue weighted by atomic mass is 9.95. The van der Waals surface area contributed by atoms with Crippen LogP contribution in [-0.2, 0) is 26.0 Å². The minimum atomic E-state index is -3.74. The molecule has 0 saturated heterocycles. The maximum Gasteiger partial charge on any atom is 0.344 e. The number of ether oxygens (including phenoxy) is 2. The van der Waals surface area contributed by atoms with E-state index in [9.17, 15) is 18.3 Å². The van der Waals surface area contributed by atoms with E-state index in [0.29, 0.717) is 24.3 Å². The fraction of sp³-hybridized carbons (Fsp3) is 0.381. The molecule has 1 unspecified atom stereocenters. The molecule has 3 rings (SSSR count). The number of carbonyl (C=O) groups is 1. The fourth-order valence-electron chi connectivity index (χ4n) is 3.53. The minimum absolute atomic E-state index is 0.119. The highest BCUT2D eigenvalue weighted by atomic mass is 32.2. The average molecular weight is 419 g/mol. The van der Waals surface area contributed by atoms with Gasteiger partial charge < -0.3 is 14.6 Å². The van der Waals surface area contributed by atoms with Crippen LogP contribution in [0.5, 0.6) is 11.5 Å². The number of rotatable bonds is 6. The summed E-state index contributed by atoms with van der Waals surface area (Å²) in [6.45, 7) is 5.66. The van der Waals surface area contributed by atoms with Crippen molar-refractivity contribution in [3.8, 4) is 11.5 Å². The lowest BCUT2D eigenvalue weighted by Gasteiger charge is -2.34. The van der Waals surface area contributed by atoms with Gasteiger partial charge in [-0.25, -0.2) is 13.2 Å². The summed E-state index contributed by atoms with van der Waals surface area (Å²) in [5.41, 5.74) is 2.46. The van der Waals surface area contributed by atoms with Gasteiger partial charge in [-0.2, -0.15) is 4.31 Å².